The Morgan fingerprint density at radius 3 is 2.61 bits per heavy atom. The summed E-state index contributed by atoms with van der Waals surface area (Å²) in [4.78, 5) is 9.08. The van der Waals surface area contributed by atoms with E-state index in [1.807, 2.05) is 31.2 Å². The maximum Gasteiger partial charge on any atom is 0.248 e. The van der Waals surface area contributed by atoms with E-state index in [9.17, 15) is 0 Å². The fourth-order valence-electron chi connectivity index (χ4n) is 3.87. The lowest BCUT2D eigenvalue weighted by atomic mass is 9.83. The Morgan fingerprint density at radius 1 is 1.19 bits per heavy atom. The van der Waals surface area contributed by atoms with Crippen molar-refractivity contribution < 1.29 is 9.26 Å². The lowest BCUT2D eigenvalue weighted by Gasteiger charge is -2.30. The van der Waals surface area contributed by atoms with Crippen molar-refractivity contribution in [3.8, 4) is 11.4 Å². The summed E-state index contributed by atoms with van der Waals surface area (Å²) < 4.78 is 11.0. The number of guanidine groups is 1. The van der Waals surface area contributed by atoms with E-state index < -0.39 is 0 Å². The average Bonchev–Trinajstić information content (AvgIpc) is 3.41. The number of benzene rings is 1. The molecule has 1 fully saturated rings. The van der Waals surface area contributed by atoms with Gasteiger partial charge in [0.05, 0.1) is 0 Å². The molecule has 2 N–H and O–H groups in total. The van der Waals surface area contributed by atoms with Gasteiger partial charge in [0.25, 0.3) is 0 Å². The smallest absolute Gasteiger partial charge is 0.248 e. The minimum Gasteiger partial charge on any atom is -0.382 e. The Labute approximate surface area is 206 Å². The largest absolute Gasteiger partial charge is 0.382 e. The van der Waals surface area contributed by atoms with E-state index >= 15 is 0 Å². The van der Waals surface area contributed by atoms with Gasteiger partial charge in [-0.15, -0.1) is 24.0 Å². The Hall–Kier alpha value is -1.39. The maximum absolute atomic E-state index is 5.94. The van der Waals surface area contributed by atoms with Gasteiger partial charge in [-0.25, -0.2) is 4.99 Å². The zero-order chi connectivity index (χ0) is 21.2. The first-order valence-corrected chi connectivity index (χ1v) is 11.2. The van der Waals surface area contributed by atoms with Crippen molar-refractivity contribution in [1.82, 2.24) is 20.8 Å². The van der Waals surface area contributed by atoms with Crippen LogP contribution in [0.25, 0.3) is 11.4 Å². The van der Waals surface area contributed by atoms with Gasteiger partial charge in [-0.05, 0) is 62.8 Å². The number of ether oxygens (including phenoxy) is 1. The minimum atomic E-state index is 0. The second kappa shape index (κ2) is 13.2. The van der Waals surface area contributed by atoms with Crippen LogP contribution in [-0.2, 0) is 11.3 Å². The molecule has 0 spiro atoms. The molecule has 0 radical (unpaired) electrons. The molecule has 0 saturated heterocycles. The summed E-state index contributed by atoms with van der Waals surface area (Å²) >= 11 is 5.94. The van der Waals surface area contributed by atoms with Crippen molar-refractivity contribution >= 4 is 41.5 Å². The number of hydrogen-bond donors (Lipinski definition) is 2. The van der Waals surface area contributed by atoms with E-state index in [1.54, 1.807) is 0 Å². The molecule has 3 rings (SSSR count). The maximum atomic E-state index is 5.94. The first kappa shape index (κ1) is 25.9. The minimum absolute atomic E-state index is 0. The molecule has 2 aromatic rings. The SMILES string of the molecule is CCNC(=NCc1nc(-c2ccc(Cl)cc2)no1)NCC1(CCOCC)CCCC1.I. The van der Waals surface area contributed by atoms with Crippen LogP contribution in [0.1, 0.15) is 51.8 Å². The highest BCUT2D eigenvalue weighted by atomic mass is 127. The number of nitrogens with zero attached hydrogens (tertiary/aromatic N) is 3. The predicted molar refractivity (Wildman–Crippen MR) is 135 cm³/mol. The fraction of sp³-hybridized carbons (Fsp3) is 0.591. The summed E-state index contributed by atoms with van der Waals surface area (Å²) in [6, 6.07) is 7.36. The zero-order valence-corrected chi connectivity index (χ0v) is 21.4. The number of hydrogen-bond acceptors (Lipinski definition) is 5. The molecule has 0 unspecified atom stereocenters. The Bertz CT molecular complexity index is 806. The third-order valence-electron chi connectivity index (χ3n) is 5.56. The predicted octanol–water partition coefficient (Wildman–Crippen LogP) is 5.05. The van der Waals surface area contributed by atoms with Crippen LogP contribution in [0.3, 0.4) is 0 Å². The van der Waals surface area contributed by atoms with Crippen LogP contribution in [0.5, 0.6) is 0 Å². The normalized spacial score (nSPS) is 15.5. The molecule has 1 aliphatic rings. The van der Waals surface area contributed by atoms with Crippen LogP contribution in [0, 0.1) is 5.41 Å². The van der Waals surface area contributed by atoms with E-state index in [0.717, 1.165) is 44.2 Å². The van der Waals surface area contributed by atoms with Crippen molar-refractivity contribution in [2.24, 2.45) is 10.4 Å². The zero-order valence-electron chi connectivity index (χ0n) is 18.3. The summed E-state index contributed by atoms with van der Waals surface area (Å²) in [7, 11) is 0. The van der Waals surface area contributed by atoms with Crippen LogP contribution in [0.15, 0.2) is 33.8 Å². The van der Waals surface area contributed by atoms with Crippen molar-refractivity contribution in [1.29, 1.82) is 0 Å². The molecule has 9 heteroatoms. The number of halogens is 2. The number of aromatic nitrogens is 2. The quantitative estimate of drug-likeness (QED) is 0.183. The van der Waals surface area contributed by atoms with Gasteiger partial charge in [-0.2, -0.15) is 4.98 Å². The van der Waals surface area contributed by atoms with Gasteiger partial charge in [0.2, 0.25) is 11.7 Å². The van der Waals surface area contributed by atoms with Gasteiger partial charge < -0.3 is 19.9 Å². The summed E-state index contributed by atoms with van der Waals surface area (Å²) in [5, 5.41) is 11.6. The molecule has 0 aliphatic heterocycles. The highest BCUT2D eigenvalue weighted by Crippen LogP contribution is 2.40. The van der Waals surface area contributed by atoms with E-state index in [0.29, 0.717) is 23.3 Å². The summed E-state index contributed by atoms with van der Waals surface area (Å²) in [6.07, 6.45) is 6.14. The molecule has 1 saturated carbocycles. The molecule has 31 heavy (non-hydrogen) atoms. The van der Waals surface area contributed by atoms with Crippen molar-refractivity contribution in [2.45, 2.75) is 52.5 Å². The molecule has 1 aromatic heterocycles. The van der Waals surface area contributed by atoms with Crippen LogP contribution < -0.4 is 10.6 Å². The monoisotopic (exact) mass is 561 g/mol. The molecule has 0 atom stereocenters. The fourth-order valence-corrected chi connectivity index (χ4v) is 3.99. The summed E-state index contributed by atoms with van der Waals surface area (Å²) in [6.45, 7) is 7.71. The topological polar surface area (TPSA) is 84.6 Å². The third kappa shape index (κ3) is 7.91. The van der Waals surface area contributed by atoms with Crippen molar-refractivity contribution in [3.05, 3.63) is 35.2 Å². The molecule has 7 nitrogen and oxygen atoms in total. The van der Waals surface area contributed by atoms with Crippen LogP contribution in [0.4, 0.5) is 0 Å². The number of nitrogens with one attached hydrogen (secondary N) is 2. The van der Waals surface area contributed by atoms with E-state index in [-0.39, 0.29) is 29.4 Å². The molecule has 1 aliphatic carbocycles. The van der Waals surface area contributed by atoms with Crippen LogP contribution in [0.2, 0.25) is 5.02 Å². The summed E-state index contributed by atoms with van der Waals surface area (Å²) in [5.74, 6) is 1.78. The van der Waals surface area contributed by atoms with Gasteiger partial charge in [0.1, 0.15) is 6.54 Å². The first-order valence-electron chi connectivity index (χ1n) is 10.8. The van der Waals surface area contributed by atoms with Gasteiger partial charge in [0.15, 0.2) is 5.96 Å². The van der Waals surface area contributed by atoms with E-state index in [1.165, 1.54) is 25.7 Å². The van der Waals surface area contributed by atoms with E-state index in [2.05, 4.69) is 32.7 Å². The first-order chi connectivity index (χ1) is 14.6. The molecule has 0 bridgehead atoms. The Balaban J connectivity index is 0.00000341. The van der Waals surface area contributed by atoms with Crippen LogP contribution in [-0.4, -0.2) is 42.4 Å². The lowest BCUT2D eigenvalue weighted by Crippen LogP contribution is -2.43. The average molecular weight is 562 g/mol. The standard InChI is InChI=1S/C22H32ClN5O2.HI/c1-3-24-21(26-16-22(11-5-6-12-22)13-14-29-4-2)25-15-19-27-20(28-30-19)17-7-9-18(23)10-8-17;/h7-10H,3-6,11-16H2,1-2H3,(H2,24,25,26);1H. The summed E-state index contributed by atoms with van der Waals surface area (Å²) in [5.41, 5.74) is 1.15. The highest BCUT2D eigenvalue weighted by molar-refractivity contribution is 14.0. The van der Waals surface area contributed by atoms with Gasteiger partial charge in [-0.1, -0.05) is 29.6 Å². The van der Waals surface area contributed by atoms with Crippen molar-refractivity contribution in [2.75, 3.05) is 26.3 Å². The van der Waals surface area contributed by atoms with Gasteiger partial charge in [-0.3, -0.25) is 0 Å². The molecule has 172 valence electrons. The molecular weight excluding hydrogens is 529 g/mol. The number of aliphatic imine (C=N–C) groups is 1. The number of rotatable bonds is 10. The lowest BCUT2D eigenvalue weighted by molar-refractivity contribution is 0.105. The Morgan fingerprint density at radius 2 is 1.94 bits per heavy atom. The Kier molecular flexibility index (Phi) is 11.0. The van der Waals surface area contributed by atoms with E-state index in [4.69, 9.17) is 20.9 Å². The molecule has 1 heterocycles. The molecule has 0 amide bonds. The van der Waals surface area contributed by atoms with Gasteiger partial charge >= 0.3 is 0 Å². The van der Waals surface area contributed by atoms with Crippen molar-refractivity contribution in [3.63, 3.8) is 0 Å². The molecule has 1 aromatic carbocycles. The second-order valence-corrected chi connectivity index (χ2v) is 8.16. The van der Waals surface area contributed by atoms with Gasteiger partial charge in [0, 0.05) is 36.9 Å². The second-order valence-electron chi connectivity index (χ2n) is 7.72. The van der Waals surface area contributed by atoms with Crippen LogP contribution >= 0.6 is 35.6 Å². The third-order valence-corrected chi connectivity index (χ3v) is 5.82. The molecular formula is C22H33ClIN5O2. The highest BCUT2D eigenvalue weighted by Gasteiger charge is 2.33.